The van der Waals surface area contributed by atoms with E-state index in [-0.39, 0.29) is 12.4 Å². The second kappa shape index (κ2) is 34.1. The van der Waals surface area contributed by atoms with Crippen LogP contribution in [0.25, 0.3) is 5.73 Å². The third-order valence-electron chi connectivity index (χ3n) is 10.8. The Balaban J connectivity index is 0. The largest absolute Gasteiger partial charge is 1.00 e. The Morgan fingerprint density at radius 3 is 0.854 bits per heavy atom. The molecule has 2 rings (SSSR count). The lowest BCUT2D eigenvalue weighted by Gasteiger charge is -2.35. The zero-order chi connectivity index (χ0) is 34.9. The maximum atomic E-state index is 7.08. The van der Waals surface area contributed by atoms with Crippen molar-refractivity contribution >= 4 is 0 Å². The zero-order valence-corrected chi connectivity index (χ0v) is 34.0. The smallest absolute Gasteiger partial charge is 0.104 e. The van der Waals surface area contributed by atoms with Gasteiger partial charge in [-0.3, -0.25) is 0 Å². The Morgan fingerprint density at radius 1 is 0.375 bits per heavy atom. The lowest BCUT2D eigenvalue weighted by molar-refractivity contribution is -0.936. The van der Waals surface area contributed by atoms with Gasteiger partial charge in [0, 0.05) is 11.1 Å². The molecule has 4 heteroatoms. The zero-order valence-electron chi connectivity index (χ0n) is 33.2. The third-order valence-corrected chi connectivity index (χ3v) is 10.8. The van der Waals surface area contributed by atoms with E-state index in [0.717, 1.165) is 6.42 Å². The topological polar surface area (TPSA) is 23.8 Å². The van der Waals surface area contributed by atoms with Crippen molar-refractivity contribution in [1.29, 1.82) is 0 Å². The van der Waals surface area contributed by atoms with Gasteiger partial charge < -0.3 is 27.1 Å². The Kier molecular flexibility index (Phi) is 34.6. The number of hydrogen-bond acceptors (Lipinski definition) is 0. The van der Waals surface area contributed by atoms with Crippen LogP contribution in [0.1, 0.15) is 162 Å². The number of rotatable bonds is 26. The van der Waals surface area contributed by atoms with E-state index in [1.165, 1.54) is 169 Å². The summed E-state index contributed by atoms with van der Waals surface area (Å²) in [6, 6.07) is 21.6. The first-order valence-electron chi connectivity index (χ1n) is 20.4. The van der Waals surface area contributed by atoms with Gasteiger partial charge in [0.25, 0.3) is 0 Å². The van der Waals surface area contributed by atoms with Gasteiger partial charge in [-0.25, -0.2) is 0 Å². The van der Waals surface area contributed by atoms with Crippen molar-refractivity contribution in [2.45, 2.75) is 164 Å². The molecular formula is C44H82ClN3. The molecule has 3 nitrogen and oxygen atoms in total. The molecule has 0 atom stereocenters. The minimum absolute atomic E-state index is 0. The van der Waals surface area contributed by atoms with Crippen LogP contribution in [0.4, 0.5) is 0 Å². The van der Waals surface area contributed by atoms with Crippen LogP contribution in [0, 0.1) is 0 Å². The molecule has 0 bridgehead atoms. The highest BCUT2D eigenvalue weighted by atomic mass is 35.5. The molecular weight excluding hydrogens is 606 g/mol. The van der Waals surface area contributed by atoms with E-state index in [0.29, 0.717) is 6.54 Å². The van der Waals surface area contributed by atoms with Gasteiger partial charge >= 0.3 is 0 Å². The molecule has 0 fully saturated rings. The van der Waals surface area contributed by atoms with Crippen LogP contribution in [-0.4, -0.2) is 54.8 Å². The maximum absolute atomic E-state index is 7.08. The molecule has 2 aromatic rings. The van der Waals surface area contributed by atoms with Gasteiger partial charge in [-0.2, -0.15) is 6.54 Å². The fourth-order valence-electron chi connectivity index (χ4n) is 6.63. The van der Waals surface area contributed by atoms with Crippen LogP contribution >= 0.6 is 0 Å². The SMILES string of the molecule is CCCCCCCCCCCCCCCCCC[NH-].CC[N+](CC)(CC)Cc1ccccc1.CC[N+](CC)(CC)Cc1ccccc1.[Cl-]. The summed E-state index contributed by atoms with van der Waals surface area (Å²) >= 11 is 0. The number of benzene rings is 2. The summed E-state index contributed by atoms with van der Waals surface area (Å²) < 4.78 is 2.40. The number of quaternary nitrogens is 2. The molecule has 0 saturated carbocycles. The summed E-state index contributed by atoms with van der Waals surface area (Å²) in [6.45, 7) is 26.3. The molecule has 0 aliphatic heterocycles. The number of nitrogens with one attached hydrogen (secondary N) is 1. The molecule has 0 aromatic heterocycles. The first kappa shape index (κ1) is 48.7. The van der Waals surface area contributed by atoms with Gasteiger partial charge in [0.15, 0.2) is 0 Å². The molecule has 48 heavy (non-hydrogen) atoms. The van der Waals surface area contributed by atoms with Gasteiger partial charge in [0.1, 0.15) is 13.1 Å². The van der Waals surface area contributed by atoms with E-state index in [4.69, 9.17) is 5.73 Å². The lowest BCUT2D eigenvalue weighted by atomic mass is 10.0. The number of nitrogens with zero attached hydrogens (tertiary/aromatic N) is 2. The van der Waals surface area contributed by atoms with Crippen LogP contribution in [0.15, 0.2) is 60.7 Å². The van der Waals surface area contributed by atoms with Gasteiger partial charge in [-0.1, -0.05) is 170 Å². The van der Waals surface area contributed by atoms with E-state index in [1.54, 1.807) is 0 Å². The lowest BCUT2D eigenvalue weighted by Crippen LogP contribution is -3.00. The summed E-state index contributed by atoms with van der Waals surface area (Å²) in [5.41, 5.74) is 9.99. The molecule has 0 amide bonds. The molecule has 280 valence electrons. The second-order valence-electron chi connectivity index (χ2n) is 13.9. The second-order valence-corrected chi connectivity index (χ2v) is 13.9. The average Bonchev–Trinajstić information content (AvgIpc) is 3.13. The van der Waals surface area contributed by atoms with Crippen molar-refractivity contribution in [3.63, 3.8) is 0 Å². The van der Waals surface area contributed by atoms with Gasteiger partial charge in [0.2, 0.25) is 0 Å². The quantitative estimate of drug-likeness (QED) is 0.0694. The van der Waals surface area contributed by atoms with Gasteiger partial charge in [0.05, 0.1) is 39.3 Å². The highest BCUT2D eigenvalue weighted by Gasteiger charge is 2.21. The van der Waals surface area contributed by atoms with E-state index in [9.17, 15) is 0 Å². The van der Waals surface area contributed by atoms with Crippen LogP contribution in [0.2, 0.25) is 0 Å². The van der Waals surface area contributed by atoms with Crippen LogP contribution in [0.5, 0.6) is 0 Å². The standard InChI is InChI=1S/C18H38N.2C13H22N.ClH/c1-2-3-4-5-6-7-8-9-10-11-12-13-14-15-16-17-18-19;2*1-4-14(5-2,6-3)12-13-10-8-7-9-11-13;/h19H,2-18H2,1H3;2*7-11H,4-6,12H2,1-3H3;1H/q-1;2*+1;/p-1. The van der Waals surface area contributed by atoms with Crippen molar-refractivity contribution < 1.29 is 21.4 Å². The molecule has 0 saturated heterocycles. The maximum Gasteiger partial charge on any atom is 0.104 e. The predicted octanol–water partition coefficient (Wildman–Crippen LogP) is 10.4. The van der Waals surface area contributed by atoms with Crippen molar-refractivity contribution in [2.24, 2.45) is 0 Å². The average molecular weight is 689 g/mol. The number of unbranched alkanes of at least 4 members (excludes halogenated alkanes) is 15. The summed E-state index contributed by atoms with van der Waals surface area (Å²) in [5, 5.41) is 0. The monoisotopic (exact) mass is 688 g/mol. The molecule has 0 radical (unpaired) electrons. The molecule has 2 aromatic carbocycles. The molecule has 1 N–H and O–H groups in total. The predicted molar refractivity (Wildman–Crippen MR) is 213 cm³/mol. The highest BCUT2D eigenvalue weighted by Crippen LogP contribution is 2.16. The minimum Gasteiger partial charge on any atom is -1.00 e. The summed E-state index contributed by atoms with van der Waals surface area (Å²) in [4.78, 5) is 0. The number of halogens is 1. The molecule has 0 heterocycles. The Hall–Kier alpha value is -1.39. The first-order chi connectivity index (χ1) is 22.9. The first-order valence-corrected chi connectivity index (χ1v) is 20.4. The van der Waals surface area contributed by atoms with Crippen molar-refractivity contribution in [3.05, 3.63) is 77.5 Å². The highest BCUT2D eigenvalue weighted by molar-refractivity contribution is 5.14. The normalized spacial score (nSPS) is 11.2. The fraction of sp³-hybridized carbons (Fsp3) is 0.727. The Morgan fingerprint density at radius 2 is 0.625 bits per heavy atom. The molecule has 0 spiro atoms. The number of hydrogen-bond donors (Lipinski definition) is 0. The molecule has 0 aliphatic rings. The van der Waals surface area contributed by atoms with Gasteiger partial charge in [-0.05, 0) is 41.5 Å². The summed E-state index contributed by atoms with van der Waals surface area (Å²) in [5.74, 6) is 0. The molecule has 0 aliphatic carbocycles. The van der Waals surface area contributed by atoms with E-state index in [1.807, 2.05) is 0 Å². The minimum atomic E-state index is 0. The third kappa shape index (κ3) is 24.7. The summed E-state index contributed by atoms with van der Waals surface area (Å²) in [6.07, 6.45) is 22.5. The molecule has 0 unspecified atom stereocenters. The van der Waals surface area contributed by atoms with E-state index < -0.39 is 0 Å². The fourth-order valence-corrected chi connectivity index (χ4v) is 6.63. The van der Waals surface area contributed by atoms with Crippen LogP contribution in [0.3, 0.4) is 0 Å². The van der Waals surface area contributed by atoms with Crippen molar-refractivity contribution in [2.75, 3.05) is 45.8 Å². The van der Waals surface area contributed by atoms with Crippen molar-refractivity contribution in [1.82, 2.24) is 0 Å². The Bertz CT molecular complexity index is 791. The van der Waals surface area contributed by atoms with E-state index >= 15 is 0 Å². The van der Waals surface area contributed by atoms with Crippen molar-refractivity contribution in [3.8, 4) is 0 Å². The Labute approximate surface area is 308 Å². The van der Waals surface area contributed by atoms with E-state index in [2.05, 4.69) is 109 Å². The van der Waals surface area contributed by atoms with Gasteiger partial charge in [-0.15, -0.1) is 0 Å². The summed E-state index contributed by atoms with van der Waals surface area (Å²) in [7, 11) is 0. The van der Waals surface area contributed by atoms with Crippen LogP contribution in [-0.2, 0) is 13.1 Å². The van der Waals surface area contributed by atoms with Crippen LogP contribution < -0.4 is 12.4 Å².